The maximum absolute atomic E-state index is 12.8. The highest BCUT2D eigenvalue weighted by molar-refractivity contribution is 5.86. The van der Waals surface area contributed by atoms with E-state index in [0.29, 0.717) is 5.56 Å². The topological polar surface area (TPSA) is 229 Å². The predicted octanol–water partition coefficient (Wildman–Crippen LogP) is -1.49. The number of phenolic OH excluding ortho intramolecular Hbond substituents is 2. The number of phenols is 2. The second-order valence-electron chi connectivity index (χ2n) is 9.65. The van der Waals surface area contributed by atoms with Gasteiger partial charge in [0.05, 0.1) is 19.8 Å². The summed E-state index contributed by atoms with van der Waals surface area (Å²) >= 11 is 0. The van der Waals surface area contributed by atoms with Crippen molar-refractivity contribution >= 4 is 11.0 Å². The maximum atomic E-state index is 12.8. The molecule has 5 rings (SSSR count). The number of ether oxygens (including phenoxy) is 4. The molecule has 0 amide bonds. The summed E-state index contributed by atoms with van der Waals surface area (Å²) in [6.07, 6.45) is -11.2. The first kappa shape index (κ1) is 28.2. The number of hydrogen-bond acceptors (Lipinski definition) is 14. The first-order chi connectivity index (χ1) is 19.0. The Bertz CT molecular complexity index is 1410. The summed E-state index contributed by atoms with van der Waals surface area (Å²) < 4.78 is 28.0. The Morgan fingerprint density at radius 2 is 1.70 bits per heavy atom. The van der Waals surface area contributed by atoms with Gasteiger partial charge in [-0.1, -0.05) is 0 Å². The smallest absolute Gasteiger partial charge is 0.229 e. The van der Waals surface area contributed by atoms with Crippen LogP contribution in [0.2, 0.25) is 0 Å². The monoisotopic (exact) mass is 564 g/mol. The molecular formula is C26H28O14. The molecule has 2 aromatic carbocycles. The van der Waals surface area contributed by atoms with E-state index in [-0.39, 0.29) is 28.2 Å². The van der Waals surface area contributed by atoms with Crippen LogP contribution in [0.4, 0.5) is 0 Å². The highest BCUT2D eigenvalue weighted by Crippen LogP contribution is 2.35. The second kappa shape index (κ2) is 10.9. The number of aromatic hydroxyl groups is 2. The van der Waals surface area contributed by atoms with Crippen LogP contribution in [0.5, 0.6) is 17.2 Å². The Kier molecular flexibility index (Phi) is 7.71. The quantitative estimate of drug-likeness (QED) is 0.164. The molecule has 3 heterocycles. The molecule has 1 aromatic heterocycles. The fourth-order valence-electron chi connectivity index (χ4n) is 4.57. The van der Waals surface area contributed by atoms with E-state index in [1.165, 1.54) is 36.4 Å². The Morgan fingerprint density at radius 3 is 2.35 bits per heavy atom. The Labute approximate surface area is 225 Å². The number of aliphatic hydroxyl groups is 6. The van der Waals surface area contributed by atoms with Crippen LogP contribution in [-0.4, -0.2) is 109 Å². The van der Waals surface area contributed by atoms with Gasteiger partial charge in [0.15, 0.2) is 17.8 Å². The van der Waals surface area contributed by atoms with Gasteiger partial charge in [-0.2, -0.15) is 0 Å². The minimum Gasteiger partial charge on any atom is -0.508 e. The third-order valence-corrected chi connectivity index (χ3v) is 6.88. The Morgan fingerprint density at radius 1 is 0.975 bits per heavy atom. The molecular weight excluding hydrogens is 536 g/mol. The van der Waals surface area contributed by atoms with Crippen molar-refractivity contribution in [1.82, 2.24) is 0 Å². The van der Waals surface area contributed by atoms with Crippen LogP contribution in [0.25, 0.3) is 22.3 Å². The summed E-state index contributed by atoms with van der Waals surface area (Å²) in [5, 5.41) is 80.7. The Hall–Kier alpha value is -3.31. The number of hydrogen-bond donors (Lipinski definition) is 8. The van der Waals surface area contributed by atoms with Crippen LogP contribution in [0, 0.1) is 0 Å². The lowest BCUT2D eigenvalue weighted by atomic mass is 9.98. The van der Waals surface area contributed by atoms with Crippen LogP contribution in [0.3, 0.4) is 0 Å². The normalized spacial score (nSPS) is 32.4. The van der Waals surface area contributed by atoms with E-state index < -0.39 is 79.7 Å². The van der Waals surface area contributed by atoms with Crippen LogP contribution >= 0.6 is 0 Å². The fourth-order valence-corrected chi connectivity index (χ4v) is 4.57. The molecule has 0 bridgehead atoms. The predicted molar refractivity (Wildman–Crippen MR) is 132 cm³/mol. The molecule has 14 heteroatoms. The SMILES string of the molecule is O=c1cc(-c2ccc(O)cc2)oc2cc(O[C@H]3O[C@@H](CO)[C@@H](O)[C@@H](O)[C@@H]3O[C@@H]3OC[C@@](O)(CO)[C@H]3O)cc(O)c12. The van der Waals surface area contributed by atoms with E-state index in [1.807, 2.05) is 0 Å². The van der Waals surface area contributed by atoms with Gasteiger partial charge >= 0.3 is 0 Å². The molecule has 0 spiro atoms. The molecule has 8 atom stereocenters. The van der Waals surface area contributed by atoms with Gasteiger partial charge in [-0.05, 0) is 24.3 Å². The first-order valence-corrected chi connectivity index (χ1v) is 12.2. The van der Waals surface area contributed by atoms with Crippen molar-refractivity contribution in [2.45, 2.75) is 48.7 Å². The number of benzene rings is 2. The average molecular weight is 564 g/mol. The molecule has 2 saturated heterocycles. The van der Waals surface area contributed by atoms with Crippen LogP contribution in [0.1, 0.15) is 0 Å². The van der Waals surface area contributed by atoms with Gasteiger partial charge in [0.1, 0.15) is 64.0 Å². The van der Waals surface area contributed by atoms with Gasteiger partial charge in [-0.15, -0.1) is 0 Å². The minimum absolute atomic E-state index is 0.00882. The van der Waals surface area contributed by atoms with E-state index in [2.05, 4.69) is 0 Å². The molecule has 0 unspecified atom stereocenters. The van der Waals surface area contributed by atoms with Crippen molar-refractivity contribution in [3.8, 4) is 28.6 Å². The van der Waals surface area contributed by atoms with Crippen LogP contribution in [0.15, 0.2) is 51.7 Å². The largest absolute Gasteiger partial charge is 0.508 e. The standard InChI is InChI=1S/C26H28O14/c27-8-18-20(32)21(33)22(40-25-23(34)26(35,9-28)10-36-25)24(39-18)37-13-5-14(30)19-15(31)7-16(38-17(19)6-13)11-1-3-12(29)4-2-11/h1-7,18,20-25,27-30,32-35H,8-10H2/t18-,20+,21+,22-,23-,24-,25-,26-/m0/s1. The van der Waals surface area contributed by atoms with E-state index in [1.54, 1.807) is 0 Å². The molecule has 2 fully saturated rings. The molecule has 2 aliphatic rings. The molecule has 2 aliphatic heterocycles. The van der Waals surface area contributed by atoms with Gasteiger partial charge in [-0.25, -0.2) is 0 Å². The third kappa shape index (κ3) is 5.12. The number of rotatable bonds is 7. The molecule has 0 aliphatic carbocycles. The zero-order valence-electron chi connectivity index (χ0n) is 20.7. The van der Waals surface area contributed by atoms with Crippen molar-refractivity contribution in [2.75, 3.05) is 19.8 Å². The van der Waals surface area contributed by atoms with Gasteiger partial charge in [0.25, 0.3) is 0 Å². The third-order valence-electron chi connectivity index (χ3n) is 6.88. The number of fused-ring (bicyclic) bond motifs is 1. The molecule has 0 radical (unpaired) electrons. The van der Waals surface area contributed by atoms with Crippen molar-refractivity contribution in [3.63, 3.8) is 0 Å². The summed E-state index contributed by atoms with van der Waals surface area (Å²) in [6.45, 7) is -2.06. The molecule has 3 aromatic rings. The van der Waals surface area contributed by atoms with E-state index in [4.69, 9.17) is 23.4 Å². The summed E-state index contributed by atoms with van der Waals surface area (Å²) in [5.41, 5.74) is -2.22. The molecule has 40 heavy (non-hydrogen) atoms. The van der Waals surface area contributed by atoms with Crippen molar-refractivity contribution in [2.24, 2.45) is 0 Å². The number of aliphatic hydroxyl groups excluding tert-OH is 5. The second-order valence-corrected chi connectivity index (χ2v) is 9.65. The first-order valence-electron chi connectivity index (χ1n) is 12.2. The van der Waals surface area contributed by atoms with Gasteiger partial charge in [0.2, 0.25) is 6.29 Å². The van der Waals surface area contributed by atoms with Crippen LogP contribution < -0.4 is 10.2 Å². The highest BCUT2D eigenvalue weighted by atomic mass is 16.8. The summed E-state index contributed by atoms with van der Waals surface area (Å²) in [4.78, 5) is 12.8. The van der Waals surface area contributed by atoms with Gasteiger partial charge < -0.3 is 64.2 Å². The lowest BCUT2D eigenvalue weighted by Gasteiger charge is -2.42. The molecule has 14 nitrogen and oxygen atoms in total. The van der Waals surface area contributed by atoms with E-state index in [0.717, 1.165) is 6.07 Å². The molecule has 216 valence electrons. The van der Waals surface area contributed by atoms with Crippen LogP contribution in [-0.2, 0) is 14.2 Å². The maximum Gasteiger partial charge on any atom is 0.229 e. The Balaban J connectivity index is 1.47. The van der Waals surface area contributed by atoms with Crippen molar-refractivity contribution < 1.29 is 64.2 Å². The summed E-state index contributed by atoms with van der Waals surface area (Å²) in [5.74, 6) is -0.496. The zero-order chi connectivity index (χ0) is 28.8. The molecule has 0 saturated carbocycles. The lowest BCUT2D eigenvalue weighted by molar-refractivity contribution is -0.318. The lowest BCUT2D eigenvalue weighted by Crippen LogP contribution is -2.62. The van der Waals surface area contributed by atoms with Gasteiger partial charge in [0, 0.05) is 23.8 Å². The molecule has 8 N–H and O–H groups in total. The van der Waals surface area contributed by atoms with E-state index in [9.17, 15) is 45.6 Å². The van der Waals surface area contributed by atoms with Gasteiger partial charge in [-0.3, -0.25) is 4.79 Å². The van der Waals surface area contributed by atoms with E-state index >= 15 is 0 Å². The highest BCUT2D eigenvalue weighted by Gasteiger charge is 2.53. The van der Waals surface area contributed by atoms with Crippen molar-refractivity contribution in [3.05, 3.63) is 52.7 Å². The average Bonchev–Trinajstić information content (AvgIpc) is 3.21. The minimum atomic E-state index is -2.04. The fraction of sp³-hybridized carbons (Fsp3) is 0.423. The summed E-state index contributed by atoms with van der Waals surface area (Å²) in [7, 11) is 0. The summed E-state index contributed by atoms with van der Waals surface area (Å²) in [6, 6.07) is 9.37. The zero-order valence-corrected chi connectivity index (χ0v) is 20.7. The van der Waals surface area contributed by atoms with Crippen molar-refractivity contribution in [1.29, 1.82) is 0 Å².